The fourth-order valence-electron chi connectivity index (χ4n) is 1.85. The molecule has 0 radical (unpaired) electrons. The minimum Gasteiger partial charge on any atom is -0.508 e. The van der Waals surface area contributed by atoms with E-state index in [-0.39, 0.29) is 16.9 Å². The number of nitrogens with two attached hydrogens (primary N) is 1. The van der Waals surface area contributed by atoms with Crippen molar-refractivity contribution in [2.45, 2.75) is 13.2 Å². The minimum atomic E-state index is -1.15. The van der Waals surface area contributed by atoms with E-state index < -0.39 is 28.8 Å². The van der Waals surface area contributed by atoms with Crippen molar-refractivity contribution in [1.82, 2.24) is 9.78 Å². The van der Waals surface area contributed by atoms with Crippen LogP contribution in [-0.2, 0) is 4.74 Å². The summed E-state index contributed by atoms with van der Waals surface area (Å²) in [6, 6.07) is 5.25. The van der Waals surface area contributed by atoms with Gasteiger partial charge < -0.3 is 25.7 Å². The standard InChI is InChI=1S/C13H12N4O6/c1-7(23-13(20)8-2-4-9(18)5-3-8)16-12(17(21)22)10(6-15-16)11(14)19/h2-7,18H,1H3,(H2,14,19). The third kappa shape index (κ3) is 3.26. The number of hydrogen-bond donors (Lipinski definition) is 2. The number of benzene rings is 1. The van der Waals surface area contributed by atoms with Crippen LogP contribution in [0.4, 0.5) is 5.82 Å². The number of carbonyl (C=O) groups is 2. The molecule has 120 valence electrons. The van der Waals surface area contributed by atoms with Gasteiger partial charge in [-0.25, -0.2) is 4.79 Å². The summed E-state index contributed by atoms with van der Waals surface area (Å²) in [7, 11) is 0. The van der Waals surface area contributed by atoms with Crippen LogP contribution in [0.3, 0.4) is 0 Å². The predicted octanol–water partition coefficient (Wildman–Crippen LogP) is 0.971. The van der Waals surface area contributed by atoms with Gasteiger partial charge in [-0.2, -0.15) is 0 Å². The Hall–Kier alpha value is -3.43. The second-order valence-electron chi connectivity index (χ2n) is 4.50. The molecule has 1 unspecified atom stereocenters. The van der Waals surface area contributed by atoms with Crippen LogP contribution in [0.2, 0.25) is 0 Å². The van der Waals surface area contributed by atoms with E-state index in [1.165, 1.54) is 31.2 Å². The average molecular weight is 320 g/mol. The Balaban J connectivity index is 2.25. The molecule has 0 aliphatic rings. The Morgan fingerprint density at radius 2 is 2.00 bits per heavy atom. The molecule has 0 bridgehead atoms. The normalized spacial score (nSPS) is 11.7. The molecule has 0 spiro atoms. The van der Waals surface area contributed by atoms with Gasteiger partial charge in [-0.1, -0.05) is 9.78 Å². The Kier molecular flexibility index (Phi) is 4.25. The summed E-state index contributed by atoms with van der Waals surface area (Å²) in [6.07, 6.45) is -0.212. The maximum absolute atomic E-state index is 12.0. The van der Waals surface area contributed by atoms with Crippen molar-refractivity contribution in [2.75, 3.05) is 0 Å². The van der Waals surface area contributed by atoms with Crippen LogP contribution < -0.4 is 5.73 Å². The molecule has 0 aliphatic heterocycles. The largest absolute Gasteiger partial charge is 0.508 e. The van der Waals surface area contributed by atoms with Crippen LogP contribution in [0.1, 0.15) is 33.9 Å². The van der Waals surface area contributed by atoms with Gasteiger partial charge in [-0.05, 0) is 29.2 Å². The Morgan fingerprint density at radius 1 is 1.39 bits per heavy atom. The number of phenolic OH excluding ortho intramolecular Hbond substituents is 1. The Morgan fingerprint density at radius 3 is 2.52 bits per heavy atom. The smallest absolute Gasteiger partial charge is 0.361 e. The summed E-state index contributed by atoms with van der Waals surface area (Å²) in [5.41, 5.74) is 4.80. The molecule has 10 heteroatoms. The highest BCUT2D eigenvalue weighted by Gasteiger charge is 2.30. The molecular formula is C13H12N4O6. The van der Waals surface area contributed by atoms with E-state index in [1.807, 2.05) is 0 Å². The van der Waals surface area contributed by atoms with E-state index in [1.54, 1.807) is 0 Å². The molecule has 0 saturated heterocycles. The summed E-state index contributed by atoms with van der Waals surface area (Å²) in [5.74, 6) is -2.48. The van der Waals surface area contributed by atoms with Crippen LogP contribution in [0.15, 0.2) is 30.5 Å². The SMILES string of the molecule is CC(OC(=O)c1ccc(O)cc1)n1ncc(C(N)=O)c1[N+](=O)[O-]. The highest BCUT2D eigenvalue weighted by atomic mass is 16.6. The van der Waals surface area contributed by atoms with Gasteiger partial charge in [-0.15, -0.1) is 0 Å². The summed E-state index contributed by atoms with van der Waals surface area (Å²) < 4.78 is 5.85. The fraction of sp³-hybridized carbons (Fsp3) is 0.154. The van der Waals surface area contributed by atoms with E-state index in [0.717, 1.165) is 10.9 Å². The lowest BCUT2D eigenvalue weighted by molar-refractivity contribution is -0.394. The zero-order valence-electron chi connectivity index (χ0n) is 11.9. The van der Waals surface area contributed by atoms with E-state index in [4.69, 9.17) is 15.6 Å². The predicted molar refractivity (Wildman–Crippen MR) is 75.6 cm³/mol. The number of phenols is 1. The minimum absolute atomic E-state index is 0.0246. The molecule has 23 heavy (non-hydrogen) atoms. The monoisotopic (exact) mass is 320 g/mol. The van der Waals surface area contributed by atoms with Crippen LogP contribution in [0.5, 0.6) is 5.75 Å². The van der Waals surface area contributed by atoms with E-state index in [9.17, 15) is 19.7 Å². The molecule has 1 aromatic carbocycles. The van der Waals surface area contributed by atoms with E-state index >= 15 is 0 Å². The van der Waals surface area contributed by atoms with Gasteiger partial charge in [0.2, 0.25) is 0 Å². The van der Waals surface area contributed by atoms with Crippen molar-refractivity contribution in [2.24, 2.45) is 5.73 Å². The van der Waals surface area contributed by atoms with Crippen molar-refractivity contribution in [3.05, 3.63) is 51.7 Å². The van der Waals surface area contributed by atoms with E-state index in [2.05, 4.69) is 5.10 Å². The fourth-order valence-corrected chi connectivity index (χ4v) is 1.85. The third-order valence-corrected chi connectivity index (χ3v) is 2.93. The summed E-state index contributed by atoms with van der Waals surface area (Å²) in [6.45, 7) is 1.35. The number of aromatic hydroxyl groups is 1. The molecule has 0 aliphatic carbocycles. The zero-order valence-corrected chi connectivity index (χ0v) is 11.9. The first kappa shape index (κ1) is 15.9. The molecule has 1 atom stereocenters. The molecule has 10 nitrogen and oxygen atoms in total. The Labute approximate surface area is 129 Å². The van der Waals surface area contributed by atoms with Gasteiger partial charge in [0.15, 0.2) is 5.56 Å². The lowest BCUT2D eigenvalue weighted by atomic mass is 10.2. The highest BCUT2D eigenvalue weighted by Crippen LogP contribution is 2.23. The molecule has 2 rings (SSSR count). The van der Waals surface area contributed by atoms with Gasteiger partial charge in [0.05, 0.1) is 11.8 Å². The molecule has 0 fully saturated rings. The molecule has 2 aromatic rings. The number of nitro groups is 1. The molecule has 1 amide bonds. The molecule has 0 saturated carbocycles. The third-order valence-electron chi connectivity index (χ3n) is 2.93. The first-order valence-electron chi connectivity index (χ1n) is 6.33. The molecule has 1 aromatic heterocycles. The van der Waals surface area contributed by atoms with Crippen molar-refractivity contribution in [3.63, 3.8) is 0 Å². The van der Waals surface area contributed by atoms with Crippen molar-refractivity contribution >= 4 is 17.7 Å². The van der Waals surface area contributed by atoms with Gasteiger partial charge >= 0.3 is 11.8 Å². The second-order valence-corrected chi connectivity index (χ2v) is 4.50. The van der Waals surface area contributed by atoms with Crippen molar-refractivity contribution in [1.29, 1.82) is 0 Å². The molecule has 3 N–H and O–H groups in total. The number of rotatable bonds is 5. The summed E-state index contributed by atoms with van der Waals surface area (Å²) >= 11 is 0. The van der Waals surface area contributed by atoms with Gasteiger partial charge in [0.1, 0.15) is 5.75 Å². The lowest BCUT2D eigenvalue weighted by Gasteiger charge is -2.10. The van der Waals surface area contributed by atoms with E-state index in [0.29, 0.717) is 0 Å². The van der Waals surface area contributed by atoms with Crippen LogP contribution in [0, 0.1) is 10.1 Å². The topological polar surface area (TPSA) is 151 Å². The van der Waals surface area contributed by atoms with Crippen LogP contribution >= 0.6 is 0 Å². The first-order valence-corrected chi connectivity index (χ1v) is 6.33. The number of aromatic nitrogens is 2. The number of carbonyl (C=O) groups excluding carboxylic acids is 2. The maximum atomic E-state index is 12.0. The lowest BCUT2D eigenvalue weighted by Crippen LogP contribution is -2.19. The quantitative estimate of drug-likeness (QED) is 0.473. The number of hydrogen-bond acceptors (Lipinski definition) is 7. The maximum Gasteiger partial charge on any atom is 0.361 e. The number of nitrogens with zero attached hydrogens (tertiary/aromatic N) is 3. The summed E-state index contributed by atoms with van der Waals surface area (Å²) in [5, 5.41) is 23.9. The first-order chi connectivity index (χ1) is 10.8. The molecule has 1 heterocycles. The van der Waals surface area contributed by atoms with Crippen LogP contribution in [0.25, 0.3) is 0 Å². The van der Waals surface area contributed by atoms with Gasteiger partial charge in [0, 0.05) is 6.92 Å². The highest BCUT2D eigenvalue weighted by molar-refractivity contribution is 5.96. The molecular weight excluding hydrogens is 308 g/mol. The number of ether oxygens (including phenoxy) is 1. The Bertz CT molecular complexity index is 767. The van der Waals surface area contributed by atoms with Crippen molar-refractivity contribution < 1.29 is 24.4 Å². The second kappa shape index (κ2) is 6.13. The summed E-state index contributed by atoms with van der Waals surface area (Å²) in [4.78, 5) is 33.4. The van der Waals surface area contributed by atoms with Gasteiger partial charge in [0.25, 0.3) is 12.1 Å². The number of amides is 1. The average Bonchev–Trinajstić information content (AvgIpc) is 2.93. The zero-order chi connectivity index (χ0) is 17.1. The number of esters is 1. The van der Waals surface area contributed by atoms with Crippen molar-refractivity contribution in [3.8, 4) is 5.75 Å². The van der Waals surface area contributed by atoms with Gasteiger partial charge in [-0.3, -0.25) is 4.79 Å². The number of primary amides is 1. The van der Waals surface area contributed by atoms with Crippen LogP contribution in [-0.4, -0.2) is 31.7 Å².